The Kier molecular flexibility index (Phi) is 7.46. The first-order valence-electron chi connectivity index (χ1n) is 11.0. The minimum Gasteiger partial charge on any atom is -0.471 e. The molecule has 0 bridgehead atoms. The third-order valence-corrected chi connectivity index (χ3v) is 6.09. The highest BCUT2D eigenvalue weighted by Gasteiger charge is 2.45. The summed E-state index contributed by atoms with van der Waals surface area (Å²) in [6.45, 7) is 6.38. The number of amides is 2. The maximum atomic E-state index is 13.1. The Bertz CT molecular complexity index is 960. The monoisotopic (exact) mass is 463 g/mol. The number of pyridine rings is 1. The van der Waals surface area contributed by atoms with Gasteiger partial charge in [-0.25, -0.2) is 13.8 Å². The number of primary amides is 1. The molecule has 4 unspecified atom stereocenters. The summed E-state index contributed by atoms with van der Waals surface area (Å²) < 4.78 is 31.5. The molecule has 0 aromatic carbocycles. The van der Waals surface area contributed by atoms with Crippen molar-refractivity contribution in [3.63, 3.8) is 0 Å². The van der Waals surface area contributed by atoms with Crippen LogP contribution < -0.4 is 15.8 Å². The third-order valence-electron chi connectivity index (χ3n) is 6.09. The van der Waals surface area contributed by atoms with Gasteiger partial charge in [0.15, 0.2) is 6.61 Å². The Morgan fingerprint density at radius 2 is 2.15 bits per heavy atom. The number of hydrogen-bond donors (Lipinski definition) is 2. The van der Waals surface area contributed by atoms with E-state index >= 15 is 0 Å². The van der Waals surface area contributed by atoms with Gasteiger partial charge in [-0.05, 0) is 43.5 Å². The van der Waals surface area contributed by atoms with Gasteiger partial charge in [0.1, 0.15) is 6.04 Å². The molecule has 3 heterocycles. The molecule has 1 aromatic rings. The minimum atomic E-state index is -2.94. The van der Waals surface area contributed by atoms with E-state index in [9.17, 15) is 18.4 Å². The van der Waals surface area contributed by atoms with Gasteiger partial charge in [-0.2, -0.15) is 0 Å². The van der Waals surface area contributed by atoms with Crippen LogP contribution in [-0.4, -0.2) is 65.6 Å². The molecule has 2 aliphatic rings. The maximum absolute atomic E-state index is 13.1. The molecule has 0 radical (unpaired) electrons. The lowest BCUT2D eigenvalue weighted by Gasteiger charge is -2.31. The average molecular weight is 464 g/mol. The van der Waals surface area contributed by atoms with Crippen LogP contribution in [0, 0.1) is 12.8 Å². The zero-order chi connectivity index (χ0) is 24.3. The molecular weight excluding hydrogens is 432 g/mol. The molecule has 1 fully saturated rings. The van der Waals surface area contributed by atoms with E-state index in [1.54, 1.807) is 19.3 Å². The lowest BCUT2D eigenvalue weighted by atomic mass is 9.88. The Morgan fingerprint density at radius 3 is 2.76 bits per heavy atom. The third kappa shape index (κ3) is 5.93. The lowest BCUT2D eigenvalue weighted by Crippen LogP contribution is -2.37. The summed E-state index contributed by atoms with van der Waals surface area (Å²) in [5.41, 5.74) is 8.23. The van der Waals surface area contributed by atoms with Gasteiger partial charge in [-0.1, -0.05) is 0 Å². The van der Waals surface area contributed by atoms with E-state index in [4.69, 9.17) is 10.5 Å². The van der Waals surface area contributed by atoms with E-state index in [0.717, 1.165) is 18.1 Å². The molecule has 8 nitrogen and oxygen atoms in total. The van der Waals surface area contributed by atoms with Crippen molar-refractivity contribution in [3.05, 3.63) is 35.0 Å². The van der Waals surface area contributed by atoms with Gasteiger partial charge in [0, 0.05) is 62.9 Å². The van der Waals surface area contributed by atoms with Crippen LogP contribution in [0.4, 0.5) is 8.78 Å². The van der Waals surface area contributed by atoms with Crippen LogP contribution in [0.2, 0.25) is 0 Å². The number of alkyl halides is 2. The summed E-state index contributed by atoms with van der Waals surface area (Å²) in [4.78, 5) is 34.2. The highest BCUT2D eigenvalue weighted by atomic mass is 19.3. The molecule has 1 saturated heterocycles. The van der Waals surface area contributed by atoms with Gasteiger partial charge in [-0.3, -0.25) is 19.5 Å². The Labute approximate surface area is 192 Å². The number of nitrogens with one attached hydrogen (secondary N) is 1. The van der Waals surface area contributed by atoms with Crippen molar-refractivity contribution in [3.8, 4) is 5.88 Å². The fraction of sp³-hybridized carbons (Fsp3) is 0.565. The molecule has 4 atom stereocenters. The molecule has 3 N–H and O–H groups in total. The van der Waals surface area contributed by atoms with Crippen LogP contribution in [0.1, 0.15) is 44.4 Å². The molecule has 0 saturated carbocycles. The predicted molar refractivity (Wildman–Crippen MR) is 120 cm³/mol. The molecule has 180 valence electrons. The number of hydrogen-bond acceptors (Lipinski definition) is 6. The van der Waals surface area contributed by atoms with Gasteiger partial charge >= 0.3 is 0 Å². The van der Waals surface area contributed by atoms with E-state index in [2.05, 4.69) is 20.2 Å². The van der Waals surface area contributed by atoms with Crippen molar-refractivity contribution < 1.29 is 23.1 Å². The Morgan fingerprint density at radius 1 is 1.42 bits per heavy atom. The number of carbonyl (C=O) groups is 2. The second-order valence-corrected chi connectivity index (χ2v) is 8.83. The number of fused-ring (bicyclic) bond motifs is 1. The van der Waals surface area contributed by atoms with Crippen molar-refractivity contribution in [1.82, 2.24) is 15.2 Å². The molecule has 2 amide bonds. The standard InChI is InChI=1S/C23H31F2N5O3/c1-13-9-16(10-29-22(13)33-12-23(4,24)25)14(2)30-11-18-17(5-7-28-20(18)21(26)32)19(30)6-8-27-15(3)31/h5,7,9-10,14,18-20H,6,8,11-12H2,1-4H3,(H2,26,32)(H,27,31). The summed E-state index contributed by atoms with van der Waals surface area (Å²) in [5.74, 6) is -3.48. The molecule has 0 spiro atoms. The van der Waals surface area contributed by atoms with Crippen molar-refractivity contribution in [2.75, 3.05) is 19.7 Å². The second kappa shape index (κ2) is 9.94. The number of dihydropyridines is 1. The van der Waals surface area contributed by atoms with Crippen molar-refractivity contribution in [1.29, 1.82) is 0 Å². The highest BCUT2D eigenvalue weighted by Crippen LogP contribution is 2.41. The second-order valence-electron chi connectivity index (χ2n) is 8.83. The first kappa shape index (κ1) is 24.8. The number of ether oxygens (including phenoxy) is 1. The van der Waals surface area contributed by atoms with Gasteiger partial charge < -0.3 is 15.8 Å². The number of allylic oxidation sites excluding steroid dienone is 1. The summed E-state index contributed by atoms with van der Waals surface area (Å²) in [5, 5.41) is 2.84. The molecule has 1 aromatic heterocycles. The summed E-state index contributed by atoms with van der Waals surface area (Å²) >= 11 is 0. The van der Waals surface area contributed by atoms with E-state index in [1.165, 1.54) is 6.92 Å². The smallest absolute Gasteiger partial charge is 0.278 e. The molecule has 0 aliphatic carbocycles. The average Bonchev–Trinajstić information content (AvgIpc) is 3.10. The molecule has 33 heavy (non-hydrogen) atoms. The van der Waals surface area contributed by atoms with Crippen LogP contribution in [0.15, 0.2) is 28.9 Å². The van der Waals surface area contributed by atoms with Crippen molar-refractivity contribution in [2.45, 2.75) is 58.2 Å². The van der Waals surface area contributed by atoms with Crippen molar-refractivity contribution in [2.24, 2.45) is 16.6 Å². The molecule has 10 heteroatoms. The maximum Gasteiger partial charge on any atom is 0.278 e. The zero-order valence-corrected chi connectivity index (χ0v) is 19.3. The van der Waals surface area contributed by atoms with Crippen molar-refractivity contribution >= 4 is 18.0 Å². The van der Waals surface area contributed by atoms with Crippen LogP contribution in [-0.2, 0) is 9.59 Å². The topological polar surface area (TPSA) is 110 Å². The summed E-state index contributed by atoms with van der Waals surface area (Å²) in [6.07, 6.45) is 5.84. The van der Waals surface area contributed by atoms with E-state index in [1.807, 2.05) is 19.1 Å². The Balaban J connectivity index is 1.83. The van der Waals surface area contributed by atoms with Gasteiger partial charge in [0.25, 0.3) is 5.92 Å². The number of aliphatic imine (C=N–C) groups is 1. The number of rotatable bonds is 9. The number of nitrogens with zero attached hydrogens (tertiary/aromatic N) is 3. The molecule has 3 rings (SSSR count). The normalized spacial score (nSPS) is 23.6. The van der Waals surface area contributed by atoms with Crippen LogP contribution in [0.5, 0.6) is 5.88 Å². The summed E-state index contributed by atoms with van der Waals surface area (Å²) in [7, 11) is 0. The van der Waals surface area contributed by atoms with E-state index in [-0.39, 0.29) is 29.8 Å². The highest BCUT2D eigenvalue weighted by molar-refractivity contribution is 5.86. The Hall–Kier alpha value is -2.88. The lowest BCUT2D eigenvalue weighted by molar-refractivity contribution is -0.120. The number of aromatic nitrogens is 1. The number of carbonyl (C=O) groups excluding carboxylic acids is 2. The fourth-order valence-electron chi connectivity index (χ4n) is 4.51. The quantitative estimate of drug-likeness (QED) is 0.583. The SMILES string of the molecule is CC(=O)NCCC1C2=CC=NC(C(N)=O)C2CN1C(C)c1cnc(OCC(C)(F)F)c(C)c1. The summed E-state index contributed by atoms with van der Waals surface area (Å²) in [6, 6.07) is 1.13. The fourth-order valence-corrected chi connectivity index (χ4v) is 4.51. The number of nitrogens with two attached hydrogens (primary N) is 1. The van der Waals surface area contributed by atoms with Gasteiger partial charge in [-0.15, -0.1) is 0 Å². The van der Waals surface area contributed by atoms with Crippen LogP contribution >= 0.6 is 0 Å². The number of aryl methyl sites for hydroxylation is 1. The van der Waals surface area contributed by atoms with Crippen LogP contribution in [0.25, 0.3) is 0 Å². The largest absolute Gasteiger partial charge is 0.471 e. The van der Waals surface area contributed by atoms with Crippen LogP contribution in [0.3, 0.4) is 0 Å². The predicted octanol–water partition coefficient (Wildman–Crippen LogP) is 2.18. The number of halogens is 2. The van der Waals surface area contributed by atoms with E-state index < -0.39 is 24.5 Å². The minimum absolute atomic E-state index is 0.0273. The first-order valence-corrected chi connectivity index (χ1v) is 11.0. The van der Waals surface area contributed by atoms with Gasteiger partial charge in [0.05, 0.1) is 0 Å². The first-order chi connectivity index (χ1) is 15.5. The zero-order valence-electron chi connectivity index (χ0n) is 19.3. The molecule has 2 aliphatic heterocycles. The molecular formula is C23H31F2N5O3. The van der Waals surface area contributed by atoms with E-state index in [0.29, 0.717) is 25.1 Å². The number of likely N-dealkylation sites (tertiary alicyclic amines) is 1. The van der Waals surface area contributed by atoms with Gasteiger partial charge in [0.2, 0.25) is 17.7 Å².